The maximum Gasteiger partial charge on any atom is 0.229 e. The van der Waals surface area contributed by atoms with E-state index in [0.29, 0.717) is 23.2 Å². The maximum absolute atomic E-state index is 9.17. The van der Waals surface area contributed by atoms with Gasteiger partial charge in [-0.1, -0.05) is 20.3 Å². The van der Waals surface area contributed by atoms with Gasteiger partial charge in [-0.3, -0.25) is 0 Å². The second-order valence-corrected chi connectivity index (χ2v) is 7.21. The van der Waals surface area contributed by atoms with Gasteiger partial charge in [0.2, 0.25) is 5.95 Å². The number of nitriles is 1. The number of hydrogen-bond donors (Lipinski definition) is 3. The molecule has 0 saturated carbocycles. The Labute approximate surface area is 191 Å². The van der Waals surface area contributed by atoms with Gasteiger partial charge < -0.3 is 21.3 Å². The fourth-order valence-electron chi connectivity index (χ4n) is 3.64. The van der Waals surface area contributed by atoms with Gasteiger partial charge in [0.15, 0.2) is 0 Å². The van der Waals surface area contributed by atoms with Gasteiger partial charge in [0.05, 0.1) is 11.6 Å². The zero-order chi connectivity index (χ0) is 19.9. The molecule has 0 spiro atoms. The molecular weight excluding hydrogens is 421 g/mol. The molecule has 3 rings (SSSR count). The highest BCUT2D eigenvalue weighted by Gasteiger charge is 2.21. The van der Waals surface area contributed by atoms with Crippen molar-refractivity contribution < 1.29 is 0 Å². The Morgan fingerprint density at radius 2 is 2.00 bits per heavy atom. The van der Waals surface area contributed by atoms with Crippen molar-refractivity contribution in [1.29, 1.82) is 5.26 Å². The van der Waals surface area contributed by atoms with Crippen molar-refractivity contribution in [2.75, 3.05) is 35.6 Å². The first-order valence-electron chi connectivity index (χ1n) is 10.0. The van der Waals surface area contributed by atoms with Gasteiger partial charge >= 0.3 is 0 Å². The summed E-state index contributed by atoms with van der Waals surface area (Å²) in [6.07, 6.45) is 4.26. The molecule has 4 N–H and O–H groups in total. The molecule has 0 radical (unpaired) electrons. The van der Waals surface area contributed by atoms with E-state index in [9.17, 15) is 5.26 Å². The quantitative estimate of drug-likeness (QED) is 0.545. The molecule has 0 amide bonds. The lowest BCUT2D eigenvalue weighted by molar-refractivity contribution is 0.429. The Kier molecular flexibility index (Phi) is 10.7. The van der Waals surface area contributed by atoms with Crippen molar-refractivity contribution >= 4 is 48.0 Å². The summed E-state index contributed by atoms with van der Waals surface area (Å²) < 4.78 is 0. The zero-order valence-corrected chi connectivity index (χ0v) is 19.2. The molecule has 9 heteroatoms. The van der Waals surface area contributed by atoms with Crippen LogP contribution in [0.4, 0.5) is 23.1 Å². The molecule has 1 unspecified atom stereocenters. The lowest BCUT2D eigenvalue weighted by atomic mass is 10.1. The Bertz CT molecular complexity index is 852. The minimum atomic E-state index is 0. The normalized spacial score (nSPS) is 15.5. The van der Waals surface area contributed by atoms with Crippen molar-refractivity contribution in [3.05, 3.63) is 35.5 Å². The Morgan fingerprint density at radius 1 is 1.20 bits per heavy atom. The largest absolute Gasteiger partial charge is 0.399 e. The summed E-state index contributed by atoms with van der Waals surface area (Å²) >= 11 is 0. The molecule has 1 aromatic carbocycles. The number of nitrogens with one attached hydrogen (secondary N) is 2. The van der Waals surface area contributed by atoms with Gasteiger partial charge in [0.25, 0.3) is 0 Å². The first-order valence-corrected chi connectivity index (χ1v) is 10.0. The number of halogens is 2. The number of aromatic nitrogens is 2. The summed E-state index contributed by atoms with van der Waals surface area (Å²) in [4.78, 5) is 11.8. The second kappa shape index (κ2) is 12.4. The minimum absolute atomic E-state index is 0. The monoisotopic (exact) mass is 451 g/mol. The van der Waals surface area contributed by atoms with Crippen LogP contribution < -0.4 is 21.3 Å². The van der Waals surface area contributed by atoms with E-state index in [4.69, 9.17) is 10.7 Å². The fraction of sp³-hybridized carbons (Fsp3) is 0.476. The Hall–Kier alpha value is -2.27. The number of likely N-dealkylation sites (N-methyl/N-ethyl adjacent to an activating group) is 1. The van der Waals surface area contributed by atoms with Gasteiger partial charge in [-0.25, -0.2) is 4.98 Å². The lowest BCUT2D eigenvalue weighted by Crippen LogP contribution is -2.46. The molecule has 2 aromatic rings. The van der Waals surface area contributed by atoms with Crippen LogP contribution in [0.3, 0.4) is 0 Å². The van der Waals surface area contributed by atoms with E-state index >= 15 is 0 Å². The smallest absolute Gasteiger partial charge is 0.229 e. The van der Waals surface area contributed by atoms with E-state index in [0.717, 1.165) is 56.1 Å². The third-order valence-corrected chi connectivity index (χ3v) is 4.85. The van der Waals surface area contributed by atoms with Crippen LogP contribution in [0.25, 0.3) is 0 Å². The average Bonchev–Trinajstić information content (AvgIpc) is 2.68. The van der Waals surface area contributed by atoms with E-state index in [2.05, 4.69) is 46.5 Å². The first-order chi connectivity index (χ1) is 13.6. The molecule has 1 aromatic heterocycles. The Morgan fingerprint density at radius 3 is 2.70 bits per heavy atom. The third kappa shape index (κ3) is 6.91. The van der Waals surface area contributed by atoms with Crippen LogP contribution in [0.15, 0.2) is 24.3 Å². The molecule has 30 heavy (non-hydrogen) atoms. The summed E-state index contributed by atoms with van der Waals surface area (Å²) in [5.41, 5.74) is 8.70. The molecule has 164 valence electrons. The van der Waals surface area contributed by atoms with Crippen LogP contribution in [-0.2, 0) is 6.42 Å². The van der Waals surface area contributed by atoms with Gasteiger partial charge in [0, 0.05) is 42.3 Å². The van der Waals surface area contributed by atoms with Crippen LogP contribution in [-0.4, -0.2) is 35.6 Å². The molecule has 1 saturated heterocycles. The SMILES string of the molecule is CCCc1cc(N2CCCC(NCC)C2)nc(Nc2cc(N)cc(C#N)c2)n1.Cl.Cl. The number of anilines is 4. The summed E-state index contributed by atoms with van der Waals surface area (Å²) in [6, 6.07) is 9.92. The number of rotatable bonds is 7. The summed E-state index contributed by atoms with van der Waals surface area (Å²) in [5, 5.41) is 16.0. The minimum Gasteiger partial charge on any atom is -0.399 e. The molecule has 7 nitrogen and oxygen atoms in total. The van der Waals surface area contributed by atoms with Crippen molar-refractivity contribution in [3.8, 4) is 6.07 Å². The number of hydrogen-bond acceptors (Lipinski definition) is 7. The highest BCUT2D eigenvalue weighted by atomic mass is 35.5. The third-order valence-electron chi connectivity index (χ3n) is 4.85. The van der Waals surface area contributed by atoms with Crippen molar-refractivity contribution in [1.82, 2.24) is 15.3 Å². The number of piperidine rings is 1. The second-order valence-electron chi connectivity index (χ2n) is 7.21. The molecule has 0 bridgehead atoms. The van der Waals surface area contributed by atoms with Gasteiger partial charge in [-0.05, 0) is 44.0 Å². The van der Waals surface area contributed by atoms with E-state index < -0.39 is 0 Å². The molecule has 2 heterocycles. The molecular formula is C21H31Cl2N7. The van der Waals surface area contributed by atoms with Crippen LogP contribution in [0.5, 0.6) is 0 Å². The topological polar surface area (TPSA) is 103 Å². The number of benzene rings is 1. The van der Waals surface area contributed by atoms with Crippen molar-refractivity contribution in [2.24, 2.45) is 0 Å². The van der Waals surface area contributed by atoms with Crippen LogP contribution in [0, 0.1) is 11.3 Å². The highest BCUT2D eigenvalue weighted by molar-refractivity contribution is 5.85. The molecule has 1 fully saturated rings. The molecule has 1 aliphatic heterocycles. The number of nitrogens with zero attached hydrogens (tertiary/aromatic N) is 4. The van der Waals surface area contributed by atoms with Gasteiger partial charge in [-0.2, -0.15) is 10.2 Å². The fourth-order valence-corrected chi connectivity index (χ4v) is 3.64. The van der Waals surface area contributed by atoms with Gasteiger partial charge in [0.1, 0.15) is 5.82 Å². The number of aryl methyl sites for hydroxylation is 1. The summed E-state index contributed by atoms with van der Waals surface area (Å²) in [7, 11) is 0. The zero-order valence-electron chi connectivity index (χ0n) is 17.5. The van der Waals surface area contributed by atoms with E-state index in [1.54, 1.807) is 18.2 Å². The standard InChI is InChI=1S/C21H29N7.2ClH/c1-3-6-17-12-20(28-8-5-7-18(14-28)24-4-2)27-21(25-17)26-19-10-15(13-22)9-16(23)11-19;;/h9-12,18,24H,3-8,14,23H2,1-2H3,(H,25,26,27);2*1H. The molecule has 0 aliphatic carbocycles. The Balaban J connectivity index is 0.00000225. The van der Waals surface area contributed by atoms with Crippen molar-refractivity contribution in [2.45, 2.75) is 45.6 Å². The molecule has 1 aliphatic rings. The molecule has 1 atom stereocenters. The van der Waals surface area contributed by atoms with Gasteiger partial charge in [-0.15, -0.1) is 24.8 Å². The summed E-state index contributed by atoms with van der Waals surface area (Å²) in [5.74, 6) is 1.49. The number of nitrogen functional groups attached to an aromatic ring is 1. The van der Waals surface area contributed by atoms with E-state index in [1.807, 2.05) is 0 Å². The predicted octanol–water partition coefficient (Wildman–Crippen LogP) is 4.05. The average molecular weight is 452 g/mol. The van der Waals surface area contributed by atoms with Crippen LogP contribution in [0.2, 0.25) is 0 Å². The highest BCUT2D eigenvalue weighted by Crippen LogP contribution is 2.24. The van der Waals surface area contributed by atoms with Crippen LogP contribution >= 0.6 is 24.8 Å². The van der Waals surface area contributed by atoms with E-state index in [-0.39, 0.29) is 24.8 Å². The summed E-state index contributed by atoms with van der Waals surface area (Å²) in [6.45, 7) is 7.22. The predicted molar refractivity (Wildman–Crippen MR) is 128 cm³/mol. The maximum atomic E-state index is 9.17. The lowest BCUT2D eigenvalue weighted by Gasteiger charge is -2.34. The first kappa shape index (κ1) is 25.8. The van der Waals surface area contributed by atoms with E-state index in [1.165, 1.54) is 6.42 Å². The number of nitrogens with two attached hydrogens (primary N) is 1. The van der Waals surface area contributed by atoms with Crippen LogP contribution in [0.1, 0.15) is 44.4 Å². The van der Waals surface area contributed by atoms with Crippen molar-refractivity contribution in [3.63, 3.8) is 0 Å².